The number of carbonyl (C=O) groups excluding carboxylic acids is 1. The van der Waals surface area contributed by atoms with Crippen LogP contribution in [-0.2, 0) is 0 Å². The Balaban J connectivity index is 2.33. The summed E-state index contributed by atoms with van der Waals surface area (Å²) >= 11 is 0. The fourth-order valence-corrected chi connectivity index (χ4v) is 2.00. The SMILES string of the molecule is Cc1cccc(C(=O)C2=CNCCC2)c1C. The number of hydrogen-bond acceptors (Lipinski definition) is 2. The molecular formula is C14H17NO. The first kappa shape index (κ1) is 10.9. The Bertz CT molecular complexity index is 446. The van der Waals surface area contributed by atoms with Gasteiger partial charge >= 0.3 is 0 Å². The molecule has 0 bridgehead atoms. The van der Waals surface area contributed by atoms with Crippen LogP contribution in [0.5, 0.6) is 0 Å². The highest BCUT2D eigenvalue weighted by atomic mass is 16.1. The molecule has 1 N–H and O–H groups in total. The van der Waals surface area contributed by atoms with Crippen LogP contribution in [0.1, 0.15) is 34.3 Å². The number of Topliss-reactive ketones (excluding diaryl/α,β-unsaturated/α-hetero) is 1. The number of rotatable bonds is 2. The van der Waals surface area contributed by atoms with E-state index in [1.165, 1.54) is 5.56 Å². The molecule has 1 heterocycles. The van der Waals surface area contributed by atoms with E-state index in [1.54, 1.807) is 0 Å². The molecule has 0 radical (unpaired) electrons. The van der Waals surface area contributed by atoms with Crippen LogP contribution in [0.4, 0.5) is 0 Å². The summed E-state index contributed by atoms with van der Waals surface area (Å²) in [4.78, 5) is 12.3. The molecule has 0 unspecified atom stereocenters. The molecule has 0 amide bonds. The zero-order valence-electron chi connectivity index (χ0n) is 9.84. The highest BCUT2D eigenvalue weighted by molar-refractivity contribution is 6.09. The molecule has 0 fully saturated rings. The first-order valence-corrected chi connectivity index (χ1v) is 5.73. The molecule has 1 aromatic carbocycles. The quantitative estimate of drug-likeness (QED) is 0.768. The lowest BCUT2D eigenvalue weighted by Gasteiger charge is -2.14. The minimum absolute atomic E-state index is 0.174. The average Bonchev–Trinajstić information content (AvgIpc) is 2.33. The highest BCUT2D eigenvalue weighted by Gasteiger charge is 2.16. The van der Waals surface area contributed by atoms with Gasteiger partial charge in [0, 0.05) is 23.9 Å². The van der Waals surface area contributed by atoms with Crippen molar-refractivity contribution in [1.29, 1.82) is 0 Å². The molecule has 0 aromatic heterocycles. The molecule has 2 rings (SSSR count). The number of nitrogens with one attached hydrogen (secondary N) is 1. The molecule has 16 heavy (non-hydrogen) atoms. The van der Waals surface area contributed by atoms with Crippen LogP contribution in [0.15, 0.2) is 30.0 Å². The minimum Gasteiger partial charge on any atom is -0.391 e. The molecule has 1 aliphatic heterocycles. The number of allylic oxidation sites excluding steroid dienone is 1. The Morgan fingerprint density at radius 1 is 1.31 bits per heavy atom. The molecule has 1 aliphatic rings. The number of hydrogen-bond donors (Lipinski definition) is 1. The third-order valence-electron chi connectivity index (χ3n) is 3.18. The summed E-state index contributed by atoms with van der Waals surface area (Å²) in [6.45, 7) is 5.03. The van der Waals surface area contributed by atoms with E-state index in [0.717, 1.165) is 36.1 Å². The van der Waals surface area contributed by atoms with Crippen LogP contribution in [0.2, 0.25) is 0 Å². The lowest BCUT2D eigenvalue weighted by Crippen LogP contribution is -2.18. The molecule has 0 aliphatic carbocycles. The van der Waals surface area contributed by atoms with Gasteiger partial charge in [0.2, 0.25) is 0 Å². The third-order valence-corrected chi connectivity index (χ3v) is 3.18. The lowest BCUT2D eigenvalue weighted by molar-refractivity contribution is 0.102. The smallest absolute Gasteiger partial charge is 0.190 e. The maximum atomic E-state index is 12.3. The summed E-state index contributed by atoms with van der Waals surface area (Å²) in [5.41, 5.74) is 4.02. The van der Waals surface area contributed by atoms with Gasteiger partial charge in [0.05, 0.1) is 0 Å². The monoisotopic (exact) mass is 215 g/mol. The van der Waals surface area contributed by atoms with Gasteiger partial charge in [-0.15, -0.1) is 0 Å². The lowest BCUT2D eigenvalue weighted by atomic mass is 9.93. The van der Waals surface area contributed by atoms with Crippen molar-refractivity contribution in [2.75, 3.05) is 6.54 Å². The van der Waals surface area contributed by atoms with Crippen LogP contribution in [0, 0.1) is 13.8 Å². The van der Waals surface area contributed by atoms with Crippen molar-refractivity contribution in [3.05, 3.63) is 46.7 Å². The topological polar surface area (TPSA) is 29.1 Å². The Hall–Kier alpha value is -1.57. The molecular weight excluding hydrogens is 198 g/mol. The van der Waals surface area contributed by atoms with E-state index in [2.05, 4.69) is 5.32 Å². The van der Waals surface area contributed by atoms with E-state index in [0.29, 0.717) is 0 Å². The second-order valence-electron chi connectivity index (χ2n) is 4.30. The van der Waals surface area contributed by atoms with Crippen LogP contribution in [-0.4, -0.2) is 12.3 Å². The Morgan fingerprint density at radius 2 is 2.12 bits per heavy atom. The molecule has 84 valence electrons. The van der Waals surface area contributed by atoms with E-state index >= 15 is 0 Å². The predicted molar refractivity (Wildman–Crippen MR) is 65.6 cm³/mol. The van der Waals surface area contributed by atoms with Gasteiger partial charge in [-0.1, -0.05) is 18.2 Å². The maximum Gasteiger partial charge on any atom is 0.190 e. The van der Waals surface area contributed by atoms with E-state index in [4.69, 9.17) is 0 Å². The molecule has 0 saturated heterocycles. The number of aryl methyl sites for hydroxylation is 1. The van der Waals surface area contributed by atoms with Crippen molar-refractivity contribution in [3.8, 4) is 0 Å². The summed E-state index contributed by atoms with van der Waals surface area (Å²) in [6, 6.07) is 5.91. The van der Waals surface area contributed by atoms with Gasteiger partial charge in [-0.25, -0.2) is 0 Å². The zero-order chi connectivity index (χ0) is 11.5. The fraction of sp³-hybridized carbons (Fsp3) is 0.357. The van der Waals surface area contributed by atoms with Gasteiger partial charge in [0.25, 0.3) is 0 Å². The van der Waals surface area contributed by atoms with Gasteiger partial charge in [-0.05, 0) is 37.8 Å². The molecule has 1 aromatic rings. The summed E-state index contributed by atoms with van der Waals surface area (Å²) in [6.07, 6.45) is 3.80. The molecule has 0 spiro atoms. The van der Waals surface area contributed by atoms with Gasteiger partial charge in [-0.2, -0.15) is 0 Å². The minimum atomic E-state index is 0.174. The second kappa shape index (κ2) is 4.52. The standard InChI is InChI=1S/C14H17NO/c1-10-5-3-7-13(11(10)2)14(16)12-6-4-8-15-9-12/h3,5,7,9,15H,4,6,8H2,1-2H3. The number of carbonyl (C=O) groups is 1. The van der Waals surface area contributed by atoms with Crippen LogP contribution < -0.4 is 5.32 Å². The van der Waals surface area contributed by atoms with Gasteiger partial charge < -0.3 is 5.32 Å². The first-order valence-electron chi connectivity index (χ1n) is 5.73. The summed E-state index contributed by atoms with van der Waals surface area (Å²) in [5.74, 6) is 0.174. The van der Waals surface area contributed by atoms with Crippen molar-refractivity contribution >= 4 is 5.78 Å². The maximum absolute atomic E-state index is 12.3. The molecule has 2 heteroatoms. The van der Waals surface area contributed by atoms with Crippen LogP contribution >= 0.6 is 0 Å². The van der Waals surface area contributed by atoms with E-state index in [9.17, 15) is 4.79 Å². The van der Waals surface area contributed by atoms with Crippen LogP contribution in [0.3, 0.4) is 0 Å². The van der Waals surface area contributed by atoms with Crippen molar-refractivity contribution < 1.29 is 4.79 Å². The van der Waals surface area contributed by atoms with Gasteiger partial charge in [-0.3, -0.25) is 4.79 Å². The summed E-state index contributed by atoms with van der Waals surface area (Å²) in [5, 5.41) is 3.14. The number of ketones is 1. The first-order chi connectivity index (χ1) is 7.70. The normalized spacial score (nSPS) is 15.2. The van der Waals surface area contributed by atoms with Crippen molar-refractivity contribution in [3.63, 3.8) is 0 Å². The Labute approximate surface area is 96.4 Å². The predicted octanol–water partition coefficient (Wildman–Crippen LogP) is 2.75. The Kier molecular flexibility index (Phi) is 3.09. The largest absolute Gasteiger partial charge is 0.391 e. The molecule has 0 saturated carbocycles. The summed E-state index contributed by atoms with van der Waals surface area (Å²) in [7, 11) is 0. The van der Waals surface area contributed by atoms with Crippen molar-refractivity contribution in [2.45, 2.75) is 26.7 Å². The van der Waals surface area contributed by atoms with E-state index in [1.807, 2.05) is 38.2 Å². The van der Waals surface area contributed by atoms with Gasteiger partial charge in [0.1, 0.15) is 0 Å². The van der Waals surface area contributed by atoms with E-state index < -0.39 is 0 Å². The third kappa shape index (κ3) is 2.01. The fourth-order valence-electron chi connectivity index (χ4n) is 2.00. The average molecular weight is 215 g/mol. The Morgan fingerprint density at radius 3 is 2.81 bits per heavy atom. The van der Waals surface area contributed by atoms with Crippen molar-refractivity contribution in [1.82, 2.24) is 5.32 Å². The highest BCUT2D eigenvalue weighted by Crippen LogP contribution is 2.19. The zero-order valence-corrected chi connectivity index (χ0v) is 9.84. The van der Waals surface area contributed by atoms with E-state index in [-0.39, 0.29) is 5.78 Å². The second-order valence-corrected chi connectivity index (χ2v) is 4.30. The number of benzene rings is 1. The molecule has 2 nitrogen and oxygen atoms in total. The van der Waals surface area contributed by atoms with Gasteiger partial charge in [0.15, 0.2) is 5.78 Å². The van der Waals surface area contributed by atoms with Crippen molar-refractivity contribution in [2.24, 2.45) is 0 Å². The van der Waals surface area contributed by atoms with Crippen LogP contribution in [0.25, 0.3) is 0 Å². The summed E-state index contributed by atoms with van der Waals surface area (Å²) < 4.78 is 0. The molecule has 0 atom stereocenters.